The van der Waals surface area contributed by atoms with Crippen LogP contribution in [-0.4, -0.2) is 54.7 Å². The lowest BCUT2D eigenvalue weighted by atomic mass is 10.1. The highest BCUT2D eigenvalue weighted by Gasteiger charge is 2.03. The molecule has 0 aliphatic rings. The van der Waals surface area contributed by atoms with Gasteiger partial charge in [-0.25, -0.2) is 4.79 Å². The Hall–Kier alpha value is -1.30. The highest BCUT2D eigenvalue weighted by atomic mass is 16.4. The average molecular weight is 301 g/mol. The predicted octanol–water partition coefficient (Wildman–Crippen LogP) is 2.05. The summed E-state index contributed by atoms with van der Waals surface area (Å²) < 4.78 is 0. The fourth-order valence-electron chi connectivity index (χ4n) is 1.81. The topological polar surface area (TPSA) is 81.7 Å². The normalized spacial score (nSPS) is 10.9. The number of carbonyl (C=O) groups excluding carboxylic acids is 1. The number of aliphatic carboxylic acids is 1. The number of nitrogens with one attached hydrogen (secondary N) is 2. The number of carboxylic acid groups (broad SMARTS) is 1. The molecule has 0 aromatic carbocycles. The van der Waals surface area contributed by atoms with E-state index in [1.807, 2.05) is 0 Å². The zero-order valence-electron chi connectivity index (χ0n) is 13.7. The molecule has 6 heteroatoms. The van der Waals surface area contributed by atoms with Gasteiger partial charge in [-0.1, -0.05) is 12.8 Å². The van der Waals surface area contributed by atoms with Gasteiger partial charge in [-0.15, -0.1) is 0 Å². The minimum absolute atomic E-state index is 0.118. The summed E-state index contributed by atoms with van der Waals surface area (Å²) in [6.07, 6.45) is 4.63. The van der Waals surface area contributed by atoms with Gasteiger partial charge >= 0.3 is 12.0 Å². The second-order valence-corrected chi connectivity index (χ2v) is 5.67. The monoisotopic (exact) mass is 301 g/mol. The Morgan fingerprint density at radius 2 is 1.57 bits per heavy atom. The van der Waals surface area contributed by atoms with Crippen LogP contribution in [0.4, 0.5) is 4.79 Å². The fourth-order valence-corrected chi connectivity index (χ4v) is 1.81. The van der Waals surface area contributed by atoms with Crippen molar-refractivity contribution in [1.82, 2.24) is 15.5 Å². The predicted molar refractivity (Wildman–Crippen MR) is 84.5 cm³/mol. The molecule has 0 radical (unpaired) electrons. The van der Waals surface area contributed by atoms with E-state index >= 15 is 0 Å². The van der Waals surface area contributed by atoms with Crippen molar-refractivity contribution in [3.8, 4) is 0 Å². The van der Waals surface area contributed by atoms with Crippen molar-refractivity contribution < 1.29 is 14.7 Å². The van der Waals surface area contributed by atoms with E-state index in [4.69, 9.17) is 5.11 Å². The number of rotatable bonds is 12. The van der Waals surface area contributed by atoms with Gasteiger partial charge in [-0.3, -0.25) is 4.79 Å². The van der Waals surface area contributed by atoms with E-state index in [0.717, 1.165) is 32.2 Å². The first-order valence-electron chi connectivity index (χ1n) is 7.87. The summed E-state index contributed by atoms with van der Waals surface area (Å²) in [4.78, 5) is 24.0. The molecule has 0 fully saturated rings. The molecule has 21 heavy (non-hydrogen) atoms. The maximum atomic E-state index is 11.5. The third kappa shape index (κ3) is 13.4. The number of carboxylic acids is 1. The van der Waals surface area contributed by atoms with Gasteiger partial charge in [0.2, 0.25) is 0 Å². The van der Waals surface area contributed by atoms with Crippen LogP contribution in [0.2, 0.25) is 0 Å². The summed E-state index contributed by atoms with van der Waals surface area (Å²) >= 11 is 0. The van der Waals surface area contributed by atoms with Crippen LogP contribution < -0.4 is 10.6 Å². The first-order valence-corrected chi connectivity index (χ1v) is 7.87. The molecule has 0 unspecified atom stereocenters. The van der Waals surface area contributed by atoms with E-state index in [0.29, 0.717) is 25.6 Å². The molecule has 0 saturated heterocycles. The first-order chi connectivity index (χ1) is 9.93. The molecule has 2 amide bonds. The lowest BCUT2D eigenvalue weighted by Gasteiger charge is -2.20. The summed E-state index contributed by atoms with van der Waals surface area (Å²) in [7, 11) is 2.08. The van der Waals surface area contributed by atoms with E-state index in [1.54, 1.807) is 0 Å². The minimum atomic E-state index is -0.740. The fraction of sp³-hybridized carbons (Fsp3) is 0.867. The number of unbranched alkanes of at least 4 members (excludes halogenated alkanes) is 3. The Balaban J connectivity index is 3.33. The first kappa shape index (κ1) is 19.7. The molecule has 0 spiro atoms. The van der Waals surface area contributed by atoms with Crippen molar-refractivity contribution in [3.63, 3.8) is 0 Å². The van der Waals surface area contributed by atoms with Crippen molar-refractivity contribution in [1.29, 1.82) is 0 Å². The second kappa shape index (κ2) is 12.4. The van der Waals surface area contributed by atoms with Gasteiger partial charge in [0.1, 0.15) is 0 Å². The van der Waals surface area contributed by atoms with Crippen molar-refractivity contribution in [2.24, 2.45) is 0 Å². The van der Waals surface area contributed by atoms with Gasteiger partial charge in [0.05, 0.1) is 0 Å². The van der Waals surface area contributed by atoms with Gasteiger partial charge in [-0.05, 0) is 46.7 Å². The number of hydrogen-bond donors (Lipinski definition) is 3. The summed E-state index contributed by atoms with van der Waals surface area (Å²) in [5.74, 6) is -0.740. The van der Waals surface area contributed by atoms with Crippen LogP contribution in [0.1, 0.15) is 52.4 Å². The van der Waals surface area contributed by atoms with Crippen LogP contribution in [0.3, 0.4) is 0 Å². The van der Waals surface area contributed by atoms with Crippen molar-refractivity contribution in [3.05, 3.63) is 0 Å². The molecule has 3 N–H and O–H groups in total. The van der Waals surface area contributed by atoms with Gasteiger partial charge < -0.3 is 20.6 Å². The van der Waals surface area contributed by atoms with E-state index in [2.05, 4.69) is 36.4 Å². The lowest BCUT2D eigenvalue weighted by molar-refractivity contribution is -0.137. The zero-order chi connectivity index (χ0) is 16.1. The van der Waals surface area contributed by atoms with Crippen molar-refractivity contribution in [2.45, 2.75) is 58.4 Å². The Kier molecular flexibility index (Phi) is 11.7. The van der Waals surface area contributed by atoms with E-state index in [-0.39, 0.29) is 12.5 Å². The highest BCUT2D eigenvalue weighted by Crippen LogP contribution is 2.02. The summed E-state index contributed by atoms with van der Waals surface area (Å²) in [6.45, 7) is 6.60. The summed E-state index contributed by atoms with van der Waals surface area (Å²) in [6, 6.07) is 0.410. The van der Waals surface area contributed by atoms with Crippen LogP contribution in [0.15, 0.2) is 0 Å². The Bertz CT molecular complexity index is 296. The van der Waals surface area contributed by atoms with Gasteiger partial charge in [0.15, 0.2) is 0 Å². The zero-order valence-corrected chi connectivity index (χ0v) is 13.7. The van der Waals surface area contributed by atoms with Gasteiger partial charge in [0.25, 0.3) is 0 Å². The molecule has 0 aliphatic carbocycles. The molecule has 0 aliphatic heterocycles. The van der Waals surface area contributed by atoms with E-state index < -0.39 is 5.97 Å². The Morgan fingerprint density at radius 3 is 2.14 bits per heavy atom. The summed E-state index contributed by atoms with van der Waals surface area (Å²) in [5.41, 5.74) is 0. The smallest absolute Gasteiger partial charge is 0.314 e. The molecule has 0 atom stereocenters. The number of nitrogens with zero attached hydrogens (tertiary/aromatic N) is 1. The molecule has 0 rings (SSSR count). The number of urea groups is 1. The quantitative estimate of drug-likeness (QED) is 0.482. The number of hydrogen-bond acceptors (Lipinski definition) is 3. The molecule has 124 valence electrons. The molecule has 0 aromatic heterocycles. The molecular formula is C15H31N3O3. The molecule has 6 nitrogen and oxygen atoms in total. The SMILES string of the molecule is CC(C)N(C)CCCNC(=O)NCCCCCCC(=O)O. The third-order valence-electron chi connectivity index (χ3n) is 3.46. The van der Waals surface area contributed by atoms with Crippen LogP contribution in [-0.2, 0) is 4.79 Å². The third-order valence-corrected chi connectivity index (χ3v) is 3.46. The number of amides is 2. The van der Waals surface area contributed by atoms with Crippen LogP contribution in [0.5, 0.6) is 0 Å². The molecule has 0 aromatic rings. The molecule has 0 heterocycles. The Morgan fingerprint density at radius 1 is 1.00 bits per heavy atom. The van der Waals surface area contributed by atoms with E-state index in [9.17, 15) is 9.59 Å². The number of carbonyl (C=O) groups is 2. The highest BCUT2D eigenvalue weighted by molar-refractivity contribution is 5.73. The maximum Gasteiger partial charge on any atom is 0.314 e. The summed E-state index contributed by atoms with van der Waals surface area (Å²) in [5, 5.41) is 14.1. The minimum Gasteiger partial charge on any atom is -0.481 e. The van der Waals surface area contributed by atoms with Crippen molar-refractivity contribution in [2.75, 3.05) is 26.7 Å². The lowest BCUT2D eigenvalue weighted by Crippen LogP contribution is -2.38. The van der Waals surface area contributed by atoms with Gasteiger partial charge in [-0.2, -0.15) is 0 Å². The average Bonchev–Trinajstić information content (AvgIpc) is 2.41. The van der Waals surface area contributed by atoms with Crippen LogP contribution in [0.25, 0.3) is 0 Å². The molecular weight excluding hydrogens is 270 g/mol. The maximum absolute atomic E-state index is 11.5. The Labute approximate surface area is 128 Å². The van der Waals surface area contributed by atoms with Crippen molar-refractivity contribution >= 4 is 12.0 Å². The van der Waals surface area contributed by atoms with E-state index in [1.165, 1.54) is 0 Å². The molecule has 0 bridgehead atoms. The standard InChI is InChI=1S/C15H31N3O3/c1-13(2)18(3)12-8-11-17-15(21)16-10-7-5-4-6-9-14(19)20/h13H,4-12H2,1-3H3,(H,19,20)(H2,16,17,21). The largest absolute Gasteiger partial charge is 0.481 e. The van der Waals surface area contributed by atoms with Gasteiger partial charge in [0, 0.05) is 25.6 Å². The van der Waals surface area contributed by atoms with Crippen LogP contribution >= 0.6 is 0 Å². The van der Waals surface area contributed by atoms with Crippen LogP contribution in [0, 0.1) is 0 Å². The second-order valence-electron chi connectivity index (χ2n) is 5.67. The molecule has 0 saturated carbocycles.